The second-order valence-electron chi connectivity index (χ2n) is 6.77. The molecule has 7 nitrogen and oxygen atoms in total. The van der Waals surface area contributed by atoms with Gasteiger partial charge < -0.3 is 25.4 Å². The van der Waals surface area contributed by atoms with Crippen LogP contribution in [0.1, 0.15) is 25.3 Å². The van der Waals surface area contributed by atoms with E-state index < -0.39 is 12.1 Å². The Hall–Kier alpha value is -2.64. The maximum Gasteiger partial charge on any atom is 0.319 e. The SMILES string of the molecule is CCCC(NC(=O)Nc1cccc(Cl)c1Cl)C(=O)NCCc1ccc(OC)c(OC)c1. The Morgan fingerprint density at radius 3 is 2.48 bits per heavy atom. The van der Waals surface area contributed by atoms with E-state index in [1.165, 1.54) is 0 Å². The molecule has 9 heteroatoms. The average Bonchev–Trinajstić information content (AvgIpc) is 2.76. The number of carbonyl (C=O) groups is 2. The van der Waals surface area contributed by atoms with Gasteiger partial charge in [-0.05, 0) is 42.7 Å². The zero-order valence-corrected chi connectivity index (χ0v) is 19.3. The molecule has 31 heavy (non-hydrogen) atoms. The van der Waals surface area contributed by atoms with Crippen LogP contribution in [-0.2, 0) is 11.2 Å². The quantitative estimate of drug-likeness (QED) is 0.473. The first kappa shape index (κ1) is 24.6. The van der Waals surface area contributed by atoms with E-state index in [-0.39, 0.29) is 10.9 Å². The van der Waals surface area contributed by atoms with E-state index in [1.807, 2.05) is 25.1 Å². The summed E-state index contributed by atoms with van der Waals surface area (Å²) in [5.74, 6) is 1.02. The zero-order valence-electron chi connectivity index (χ0n) is 17.8. The lowest BCUT2D eigenvalue weighted by Crippen LogP contribution is -2.48. The molecule has 0 aliphatic rings. The van der Waals surface area contributed by atoms with Crippen LogP contribution in [0.2, 0.25) is 10.0 Å². The highest BCUT2D eigenvalue weighted by Crippen LogP contribution is 2.29. The molecule has 2 aromatic carbocycles. The number of rotatable bonds is 10. The largest absolute Gasteiger partial charge is 0.493 e. The molecule has 0 bridgehead atoms. The molecule has 168 valence electrons. The van der Waals surface area contributed by atoms with Crippen molar-refractivity contribution in [2.75, 3.05) is 26.1 Å². The minimum absolute atomic E-state index is 0.241. The fraction of sp³-hybridized carbons (Fsp3) is 0.364. The molecule has 0 saturated carbocycles. The zero-order chi connectivity index (χ0) is 22.8. The Balaban J connectivity index is 1.91. The van der Waals surface area contributed by atoms with Gasteiger partial charge in [-0.25, -0.2) is 4.79 Å². The molecule has 3 amide bonds. The minimum Gasteiger partial charge on any atom is -0.493 e. The molecule has 0 aromatic heterocycles. The molecule has 0 aliphatic heterocycles. The first-order valence-corrected chi connectivity index (χ1v) is 10.6. The number of methoxy groups -OCH3 is 2. The predicted octanol–water partition coefficient (Wildman–Crippen LogP) is 4.66. The van der Waals surface area contributed by atoms with Crippen LogP contribution in [0.3, 0.4) is 0 Å². The molecule has 0 spiro atoms. The first-order valence-electron chi connectivity index (χ1n) is 9.89. The van der Waals surface area contributed by atoms with Gasteiger partial charge in [-0.2, -0.15) is 0 Å². The molecule has 0 heterocycles. The van der Waals surface area contributed by atoms with E-state index in [9.17, 15) is 9.59 Å². The van der Waals surface area contributed by atoms with Crippen LogP contribution in [0.25, 0.3) is 0 Å². The summed E-state index contributed by atoms with van der Waals surface area (Å²) in [7, 11) is 3.15. The number of urea groups is 1. The average molecular weight is 468 g/mol. The summed E-state index contributed by atoms with van der Waals surface area (Å²) < 4.78 is 10.5. The van der Waals surface area contributed by atoms with Crippen molar-refractivity contribution in [1.82, 2.24) is 10.6 Å². The topological polar surface area (TPSA) is 88.7 Å². The van der Waals surface area contributed by atoms with Gasteiger partial charge >= 0.3 is 6.03 Å². The van der Waals surface area contributed by atoms with Gasteiger partial charge in [0, 0.05) is 6.54 Å². The monoisotopic (exact) mass is 467 g/mol. The lowest BCUT2D eigenvalue weighted by atomic mass is 10.1. The lowest BCUT2D eigenvalue weighted by molar-refractivity contribution is -0.123. The fourth-order valence-corrected chi connectivity index (χ4v) is 3.31. The van der Waals surface area contributed by atoms with Crippen LogP contribution >= 0.6 is 23.2 Å². The van der Waals surface area contributed by atoms with Crippen molar-refractivity contribution in [1.29, 1.82) is 0 Å². The van der Waals surface area contributed by atoms with Crippen molar-refractivity contribution in [3.05, 3.63) is 52.0 Å². The van der Waals surface area contributed by atoms with Gasteiger partial charge in [-0.3, -0.25) is 4.79 Å². The third-order valence-corrected chi connectivity index (χ3v) is 5.38. The number of amides is 3. The second-order valence-corrected chi connectivity index (χ2v) is 7.56. The van der Waals surface area contributed by atoms with Crippen molar-refractivity contribution in [2.45, 2.75) is 32.2 Å². The van der Waals surface area contributed by atoms with E-state index in [4.69, 9.17) is 32.7 Å². The summed E-state index contributed by atoms with van der Waals surface area (Å²) in [5, 5.41) is 8.77. The highest BCUT2D eigenvalue weighted by Gasteiger charge is 2.20. The van der Waals surface area contributed by atoms with Crippen molar-refractivity contribution in [2.24, 2.45) is 0 Å². The van der Waals surface area contributed by atoms with Gasteiger partial charge in [0.25, 0.3) is 0 Å². The molecule has 0 fully saturated rings. The molecule has 0 radical (unpaired) electrons. The normalized spacial score (nSPS) is 11.4. The Morgan fingerprint density at radius 1 is 1.06 bits per heavy atom. The molecular formula is C22H27Cl2N3O4. The summed E-state index contributed by atoms with van der Waals surface area (Å²) in [5.41, 5.74) is 1.36. The summed E-state index contributed by atoms with van der Waals surface area (Å²) >= 11 is 12.1. The molecule has 1 unspecified atom stereocenters. The van der Waals surface area contributed by atoms with Crippen LogP contribution in [0.15, 0.2) is 36.4 Å². The predicted molar refractivity (Wildman–Crippen MR) is 124 cm³/mol. The summed E-state index contributed by atoms with van der Waals surface area (Å²) in [6.45, 7) is 2.36. The highest BCUT2D eigenvalue weighted by atomic mass is 35.5. The number of nitrogens with one attached hydrogen (secondary N) is 3. The number of hydrogen-bond acceptors (Lipinski definition) is 4. The number of carbonyl (C=O) groups excluding carboxylic acids is 2. The molecule has 2 aromatic rings. The number of halogens is 2. The molecule has 1 atom stereocenters. The van der Waals surface area contributed by atoms with Gasteiger partial charge in [-0.15, -0.1) is 0 Å². The van der Waals surface area contributed by atoms with Crippen LogP contribution in [0.4, 0.5) is 10.5 Å². The Morgan fingerprint density at radius 2 is 1.81 bits per heavy atom. The third-order valence-electron chi connectivity index (χ3n) is 4.56. The molecule has 0 aliphatic carbocycles. The molecular weight excluding hydrogens is 441 g/mol. The van der Waals surface area contributed by atoms with E-state index in [2.05, 4.69) is 16.0 Å². The molecule has 3 N–H and O–H groups in total. The van der Waals surface area contributed by atoms with Gasteiger partial charge in [0.05, 0.1) is 30.0 Å². The van der Waals surface area contributed by atoms with Crippen molar-refractivity contribution in [3.8, 4) is 11.5 Å². The first-order chi connectivity index (χ1) is 14.9. The Labute approximate surface area is 192 Å². The highest BCUT2D eigenvalue weighted by molar-refractivity contribution is 6.43. The van der Waals surface area contributed by atoms with Crippen molar-refractivity contribution >= 4 is 40.8 Å². The number of hydrogen-bond donors (Lipinski definition) is 3. The standard InChI is InChI=1S/C22H27Cl2N3O4/c1-4-6-17(27-22(29)26-16-8-5-7-15(23)20(16)24)21(28)25-12-11-14-9-10-18(30-2)19(13-14)31-3/h5,7-10,13,17H,4,6,11-12H2,1-3H3,(H,25,28)(H2,26,27,29). The van der Waals surface area contributed by atoms with Crippen LogP contribution < -0.4 is 25.4 Å². The molecule has 0 saturated heterocycles. The lowest BCUT2D eigenvalue weighted by Gasteiger charge is -2.19. The number of ether oxygens (including phenoxy) is 2. The van der Waals surface area contributed by atoms with E-state index >= 15 is 0 Å². The summed E-state index contributed by atoms with van der Waals surface area (Å²) in [6, 6.07) is 9.33. The fourth-order valence-electron chi connectivity index (χ4n) is 2.96. The maximum atomic E-state index is 12.6. The maximum absolute atomic E-state index is 12.6. The summed E-state index contributed by atoms with van der Waals surface area (Å²) in [6.07, 6.45) is 1.83. The van der Waals surface area contributed by atoms with Crippen LogP contribution in [0, 0.1) is 0 Å². The van der Waals surface area contributed by atoms with Crippen molar-refractivity contribution in [3.63, 3.8) is 0 Å². The minimum atomic E-state index is -0.673. The van der Waals surface area contributed by atoms with E-state index in [0.29, 0.717) is 41.6 Å². The van der Waals surface area contributed by atoms with Gasteiger partial charge in [0.1, 0.15) is 6.04 Å². The Kier molecular flexibility index (Phi) is 9.75. The van der Waals surface area contributed by atoms with Crippen LogP contribution in [-0.4, -0.2) is 38.7 Å². The molecule has 2 rings (SSSR count). The third kappa shape index (κ3) is 7.22. The van der Waals surface area contributed by atoms with Gasteiger partial charge in [-0.1, -0.05) is 48.7 Å². The smallest absolute Gasteiger partial charge is 0.319 e. The number of benzene rings is 2. The van der Waals surface area contributed by atoms with Gasteiger partial charge in [0.15, 0.2) is 11.5 Å². The van der Waals surface area contributed by atoms with Gasteiger partial charge in [0.2, 0.25) is 5.91 Å². The second kappa shape index (κ2) is 12.3. The Bertz CT molecular complexity index is 908. The van der Waals surface area contributed by atoms with Crippen molar-refractivity contribution < 1.29 is 19.1 Å². The van der Waals surface area contributed by atoms with Crippen LogP contribution in [0.5, 0.6) is 11.5 Å². The summed E-state index contributed by atoms with van der Waals surface area (Å²) in [4.78, 5) is 25.0. The van der Waals surface area contributed by atoms with E-state index in [1.54, 1.807) is 32.4 Å². The number of anilines is 1. The van der Waals surface area contributed by atoms with E-state index in [0.717, 1.165) is 12.0 Å².